The molecular formula is C14H14N4O3. The Bertz CT molecular complexity index is 669. The van der Waals surface area contributed by atoms with E-state index in [-0.39, 0.29) is 12.6 Å². The predicted octanol–water partition coefficient (Wildman–Crippen LogP) is 1.31. The number of aliphatic carboxylic acids is 1. The van der Waals surface area contributed by atoms with Crippen LogP contribution in [0.25, 0.3) is 0 Å². The average molecular weight is 286 g/mol. The van der Waals surface area contributed by atoms with Gasteiger partial charge in [-0.3, -0.25) is 9.69 Å². The minimum Gasteiger partial charge on any atom is -0.481 e. The van der Waals surface area contributed by atoms with Gasteiger partial charge >= 0.3 is 12.0 Å². The Labute approximate surface area is 120 Å². The van der Waals surface area contributed by atoms with Gasteiger partial charge in [-0.1, -0.05) is 18.2 Å². The summed E-state index contributed by atoms with van der Waals surface area (Å²) in [5.41, 5.74) is 2.10. The van der Waals surface area contributed by atoms with E-state index in [2.05, 4.69) is 15.3 Å². The minimum absolute atomic E-state index is 0.142. The Kier molecular flexibility index (Phi) is 3.31. The second kappa shape index (κ2) is 5.28. The van der Waals surface area contributed by atoms with Crippen LogP contribution < -0.4 is 10.2 Å². The van der Waals surface area contributed by atoms with E-state index in [1.54, 1.807) is 30.5 Å². The maximum Gasteiger partial charge on any atom is 0.322 e. The van der Waals surface area contributed by atoms with Gasteiger partial charge < -0.3 is 15.4 Å². The number of fused-ring (bicyclic) bond motifs is 1. The summed E-state index contributed by atoms with van der Waals surface area (Å²) in [4.78, 5) is 31.8. The first-order valence-corrected chi connectivity index (χ1v) is 6.51. The van der Waals surface area contributed by atoms with Crippen LogP contribution in [0.15, 0.2) is 36.8 Å². The van der Waals surface area contributed by atoms with Crippen LogP contribution in [0.4, 0.5) is 10.5 Å². The molecule has 108 valence electrons. The Morgan fingerprint density at radius 3 is 2.95 bits per heavy atom. The molecule has 1 atom stereocenters. The van der Waals surface area contributed by atoms with Crippen LogP contribution in [0.2, 0.25) is 0 Å². The fourth-order valence-electron chi connectivity index (χ4n) is 2.46. The lowest BCUT2D eigenvalue weighted by molar-refractivity contribution is -0.138. The number of rotatable bonds is 3. The molecule has 2 amide bonds. The van der Waals surface area contributed by atoms with Gasteiger partial charge in [-0.15, -0.1) is 0 Å². The lowest BCUT2D eigenvalue weighted by Gasteiger charge is -2.17. The molecule has 0 saturated heterocycles. The molecule has 21 heavy (non-hydrogen) atoms. The van der Waals surface area contributed by atoms with Gasteiger partial charge in [-0.25, -0.2) is 9.78 Å². The molecule has 0 saturated carbocycles. The molecule has 1 aliphatic heterocycles. The van der Waals surface area contributed by atoms with Crippen LogP contribution in [0.5, 0.6) is 0 Å². The van der Waals surface area contributed by atoms with Crippen LogP contribution >= 0.6 is 0 Å². The summed E-state index contributed by atoms with van der Waals surface area (Å²) < 4.78 is 0. The maximum atomic E-state index is 12.3. The number of amides is 2. The number of nitrogens with one attached hydrogen (secondary N) is 2. The minimum atomic E-state index is -0.925. The highest BCUT2D eigenvalue weighted by molar-refractivity contribution is 5.97. The Morgan fingerprint density at radius 1 is 1.43 bits per heavy atom. The number of hydrogen-bond donors (Lipinski definition) is 3. The van der Waals surface area contributed by atoms with Gasteiger partial charge in [0.25, 0.3) is 0 Å². The molecular weight excluding hydrogens is 272 g/mol. The third-order valence-electron chi connectivity index (χ3n) is 3.50. The normalized spacial score (nSPS) is 16.6. The fourth-order valence-corrected chi connectivity index (χ4v) is 2.46. The van der Waals surface area contributed by atoms with Gasteiger partial charge in [0, 0.05) is 18.4 Å². The highest BCUT2D eigenvalue weighted by Crippen LogP contribution is 2.36. The molecule has 7 nitrogen and oxygen atoms in total. The molecule has 3 N–H and O–H groups in total. The van der Waals surface area contributed by atoms with Gasteiger partial charge in [-0.05, 0) is 11.6 Å². The average Bonchev–Trinajstić information content (AvgIpc) is 3.12. The van der Waals surface area contributed by atoms with E-state index in [1.165, 1.54) is 11.2 Å². The van der Waals surface area contributed by atoms with Crippen molar-refractivity contribution in [2.45, 2.75) is 12.5 Å². The molecule has 3 rings (SSSR count). The summed E-state index contributed by atoms with van der Waals surface area (Å²) in [5, 5.41) is 12.0. The zero-order valence-corrected chi connectivity index (χ0v) is 11.1. The number of aromatic amines is 1. The van der Waals surface area contributed by atoms with Crippen molar-refractivity contribution in [3.8, 4) is 0 Å². The van der Waals surface area contributed by atoms with Crippen LogP contribution in [-0.4, -0.2) is 33.6 Å². The standard InChI is InChI=1S/C14H14N4O3/c19-13(20)11-7-18(12-4-2-1-3-10(11)12)14(21)16-6-9-5-15-8-17-9/h1-5,8,11H,6-7H2,(H,15,17)(H,16,21)(H,19,20). The topological polar surface area (TPSA) is 98.3 Å². The molecule has 0 bridgehead atoms. The summed E-state index contributed by atoms with van der Waals surface area (Å²) in [5.74, 6) is -1.61. The fraction of sp³-hybridized carbons (Fsp3) is 0.214. The van der Waals surface area contributed by atoms with E-state index >= 15 is 0 Å². The first-order valence-electron chi connectivity index (χ1n) is 6.51. The molecule has 1 aromatic heterocycles. The lowest BCUT2D eigenvalue weighted by Crippen LogP contribution is -2.39. The number of imidazole rings is 1. The summed E-state index contributed by atoms with van der Waals surface area (Å²) >= 11 is 0. The second-order valence-corrected chi connectivity index (χ2v) is 4.80. The first-order chi connectivity index (χ1) is 10.2. The van der Waals surface area contributed by atoms with E-state index in [4.69, 9.17) is 0 Å². The van der Waals surface area contributed by atoms with Gasteiger partial charge in [0.15, 0.2) is 0 Å². The second-order valence-electron chi connectivity index (χ2n) is 4.80. The highest BCUT2D eigenvalue weighted by Gasteiger charge is 2.36. The van der Waals surface area contributed by atoms with Crippen LogP contribution in [0.3, 0.4) is 0 Å². The van der Waals surface area contributed by atoms with Crippen LogP contribution in [0.1, 0.15) is 17.2 Å². The first kappa shape index (κ1) is 13.2. The number of carbonyl (C=O) groups is 2. The van der Waals surface area contributed by atoms with Crippen molar-refractivity contribution < 1.29 is 14.7 Å². The monoisotopic (exact) mass is 286 g/mol. The van der Waals surface area contributed by atoms with Crippen molar-refractivity contribution in [2.24, 2.45) is 0 Å². The van der Waals surface area contributed by atoms with Gasteiger partial charge in [-0.2, -0.15) is 0 Å². The molecule has 2 heterocycles. The molecule has 0 spiro atoms. The molecule has 1 aromatic carbocycles. The zero-order valence-electron chi connectivity index (χ0n) is 11.1. The van der Waals surface area contributed by atoms with Crippen molar-refractivity contribution in [3.63, 3.8) is 0 Å². The van der Waals surface area contributed by atoms with Crippen LogP contribution in [0, 0.1) is 0 Å². The Morgan fingerprint density at radius 2 is 2.24 bits per heavy atom. The SMILES string of the molecule is O=C(O)C1CN(C(=O)NCc2cnc[nH]2)c2ccccc21. The van der Waals surface area contributed by atoms with Crippen molar-refractivity contribution in [1.82, 2.24) is 15.3 Å². The van der Waals surface area contributed by atoms with E-state index in [9.17, 15) is 14.7 Å². The van der Waals surface area contributed by atoms with E-state index in [1.807, 2.05) is 0 Å². The largest absolute Gasteiger partial charge is 0.481 e. The highest BCUT2D eigenvalue weighted by atomic mass is 16.4. The number of nitrogens with zero attached hydrogens (tertiary/aromatic N) is 2. The third kappa shape index (κ3) is 2.45. The number of benzene rings is 1. The van der Waals surface area contributed by atoms with Crippen molar-refractivity contribution >= 4 is 17.7 Å². The summed E-state index contributed by atoms with van der Waals surface area (Å²) in [6.45, 7) is 0.457. The van der Waals surface area contributed by atoms with Crippen molar-refractivity contribution in [1.29, 1.82) is 0 Å². The van der Waals surface area contributed by atoms with Gasteiger partial charge in [0.1, 0.15) is 5.92 Å². The summed E-state index contributed by atoms with van der Waals surface area (Å²) in [7, 11) is 0. The van der Waals surface area contributed by atoms with Gasteiger partial charge in [0.05, 0.1) is 18.6 Å². The van der Waals surface area contributed by atoms with Gasteiger partial charge in [0.2, 0.25) is 0 Å². The van der Waals surface area contributed by atoms with Crippen molar-refractivity contribution in [3.05, 3.63) is 48.0 Å². The van der Waals surface area contributed by atoms with Crippen LogP contribution in [-0.2, 0) is 11.3 Å². The third-order valence-corrected chi connectivity index (χ3v) is 3.50. The Balaban J connectivity index is 1.76. The molecule has 1 aliphatic rings. The maximum absolute atomic E-state index is 12.3. The summed E-state index contributed by atoms with van der Waals surface area (Å²) in [6.07, 6.45) is 3.16. The lowest BCUT2D eigenvalue weighted by atomic mass is 10.0. The Hall–Kier alpha value is -2.83. The number of H-pyrrole nitrogens is 1. The quantitative estimate of drug-likeness (QED) is 0.792. The molecule has 7 heteroatoms. The summed E-state index contributed by atoms with van der Waals surface area (Å²) in [6, 6.07) is 6.75. The van der Waals surface area contributed by atoms with Crippen molar-refractivity contribution in [2.75, 3.05) is 11.4 Å². The molecule has 0 radical (unpaired) electrons. The predicted molar refractivity (Wildman–Crippen MR) is 75.0 cm³/mol. The van der Waals surface area contributed by atoms with E-state index in [0.29, 0.717) is 17.8 Å². The number of hydrogen-bond acceptors (Lipinski definition) is 3. The molecule has 1 unspecified atom stereocenters. The number of aromatic nitrogens is 2. The number of urea groups is 1. The van der Waals surface area contributed by atoms with E-state index in [0.717, 1.165) is 5.69 Å². The number of carboxylic acids is 1. The number of carboxylic acid groups (broad SMARTS) is 1. The number of anilines is 1. The molecule has 0 fully saturated rings. The number of carbonyl (C=O) groups excluding carboxylic acids is 1. The molecule has 2 aromatic rings. The smallest absolute Gasteiger partial charge is 0.322 e. The van der Waals surface area contributed by atoms with E-state index < -0.39 is 11.9 Å². The molecule has 0 aliphatic carbocycles. The zero-order chi connectivity index (χ0) is 14.8. The number of para-hydroxylation sites is 1.